The number of thioether (sulfide) groups is 1. The number of rotatable bonds is 3. The largest absolute Gasteiger partial charge is 0.497 e. The monoisotopic (exact) mass is 282 g/mol. The van der Waals surface area contributed by atoms with Crippen molar-refractivity contribution in [3.63, 3.8) is 0 Å². The molecule has 0 amide bonds. The van der Waals surface area contributed by atoms with Crippen LogP contribution in [0.5, 0.6) is 11.5 Å². The van der Waals surface area contributed by atoms with Gasteiger partial charge in [-0.25, -0.2) is 0 Å². The van der Waals surface area contributed by atoms with Crippen molar-refractivity contribution < 1.29 is 14.6 Å². The highest BCUT2D eigenvalue weighted by Crippen LogP contribution is 2.47. The van der Waals surface area contributed by atoms with Gasteiger partial charge in [0, 0.05) is 11.3 Å². The minimum Gasteiger partial charge on any atom is -0.497 e. The van der Waals surface area contributed by atoms with E-state index in [0.29, 0.717) is 5.75 Å². The van der Waals surface area contributed by atoms with Crippen LogP contribution in [-0.2, 0) is 5.60 Å². The maximum Gasteiger partial charge on any atom is 0.125 e. The van der Waals surface area contributed by atoms with E-state index in [0.717, 1.165) is 29.2 Å². The van der Waals surface area contributed by atoms with Gasteiger partial charge < -0.3 is 14.6 Å². The lowest BCUT2D eigenvalue weighted by atomic mass is 9.78. The summed E-state index contributed by atoms with van der Waals surface area (Å²) in [5, 5.41) is 11.1. The maximum atomic E-state index is 11.1. The molecule has 1 saturated heterocycles. The molecule has 1 fully saturated rings. The maximum absolute atomic E-state index is 11.1. The second-order valence-electron chi connectivity index (χ2n) is 5.93. The Hall–Kier alpha value is -0.870. The van der Waals surface area contributed by atoms with E-state index in [1.165, 1.54) is 0 Å². The molecule has 106 valence electrons. The summed E-state index contributed by atoms with van der Waals surface area (Å²) in [7, 11) is 3.27. The zero-order valence-electron chi connectivity index (χ0n) is 12.0. The van der Waals surface area contributed by atoms with Crippen LogP contribution in [0.15, 0.2) is 18.2 Å². The Kier molecular flexibility index (Phi) is 4.02. The molecule has 0 aromatic heterocycles. The number of hydrogen-bond acceptors (Lipinski definition) is 4. The number of hydrogen-bond donors (Lipinski definition) is 1. The Morgan fingerprint density at radius 1 is 1.16 bits per heavy atom. The molecule has 1 aliphatic heterocycles. The highest BCUT2D eigenvalue weighted by atomic mass is 32.2. The van der Waals surface area contributed by atoms with Gasteiger partial charge in [0.15, 0.2) is 0 Å². The summed E-state index contributed by atoms with van der Waals surface area (Å²) < 4.78 is 10.7. The molecular weight excluding hydrogens is 260 g/mol. The second kappa shape index (κ2) is 5.25. The van der Waals surface area contributed by atoms with Crippen LogP contribution >= 0.6 is 11.8 Å². The van der Waals surface area contributed by atoms with E-state index in [-0.39, 0.29) is 5.41 Å². The van der Waals surface area contributed by atoms with E-state index in [4.69, 9.17) is 9.47 Å². The third-order valence-corrected chi connectivity index (χ3v) is 5.18. The molecule has 0 aliphatic carbocycles. The molecule has 1 aliphatic rings. The molecule has 2 rings (SSSR count). The zero-order valence-corrected chi connectivity index (χ0v) is 12.8. The summed E-state index contributed by atoms with van der Waals surface area (Å²) in [5.74, 6) is 3.24. The minimum atomic E-state index is -0.855. The quantitative estimate of drug-likeness (QED) is 0.925. The average molecular weight is 282 g/mol. The summed E-state index contributed by atoms with van der Waals surface area (Å²) in [6.07, 6.45) is 0.733. The van der Waals surface area contributed by atoms with Gasteiger partial charge in [-0.3, -0.25) is 0 Å². The Morgan fingerprint density at radius 3 is 2.47 bits per heavy atom. The lowest BCUT2D eigenvalue weighted by molar-refractivity contribution is 0.0135. The average Bonchev–Trinajstić information content (AvgIpc) is 2.36. The van der Waals surface area contributed by atoms with Gasteiger partial charge >= 0.3 is 0 Å². The van der Waals surface area contributed by atoms with Gasteiger partial charge in [0.05, 0.1) is 14.2 Å². The highest BCUT2D eigenvalue weighted by Gasteiger charge is 2.42. The summed E-state index contributed by atoms with van der Waals surface area (Å²) >= 11 is 1.79. The molecule has 3 nitrogen and oxygen atoms in total. The minimum absolute atomic E-state index is 0.117. The van der Waals surface area contributed by atoms with Crippen molar-refractivity contribution in [2.24, 2.45) is 5.41 Å². The van der Waals surface area contributed by atoms with Crippen LogP contribution in [0.1, 0.15) is 25.8 Å². The second-order valence-corrected chi connectivity index (χ2v) is 6.92. The first kappa shape index (κ1) is 14.5. The van der Waals surface area contributed by atoms with E-state index in [1.54, 1.807) is 26.0 Å². The van der Waals surface area contributed by atoms with Crippen molar-refractivity contribution in [1.82, 2.24) is 0 Å². The molecule has 1 N–H and O–H groups in total. The topological polar surface area (TPSA) is 38.7 Å². The normalized spacial score (nSPS) is 25.9. The van der Waals surface area contributed by atoms with Crippen LogP contribution in [0.2, 0.25) is 0 Å². The summed E-state index contributed by atoms with van der Waals surface area (Å²) in [6.45, 7) is 4.38. The Morgan fingerprint density at radius 2 is 1.89 bits per heavy atom. The Labute approximate surface area is 119 Å². The van der Waals surface area contributed by atoms with Crippen LogP contribution in [0.25, 0.3) is 0 Å². The summed E-state index contributed by atoms with van der Waals surface area (Å²) in [5.41, 5.74) is 0.0903. The van der Waals surface area contributed by atoms with Crippen molar-refractivity contribution in [1.29, 1.82) is 0 Å². The van der Waals surface area contributed by atoms with Crippen molar-refractivity contribution in [3.8, 4) is 11.5 Å². The smallest absolute Gasteiger partial charge is 0.125 e. The van der Waals surface area contributed by atoms with Gasteiger partial charge in [0.25, 0.3) is 0 Å². The fraction of sp³-hybridized carbons (Fsp3) is 0.600. The van der Waals surface area contributed by atoms with E-state index in [1.807, 2.05) is 18.2 Å². The van der Waals surface area contributed by atoms with Gasteiger partial charge in [0.2, 0.25) is 0 Å². The van der Waals surface area contributed by atoms with Crippen molar-refractivity contribution in [2.45, 2.75) is 25.9 Å². The summed E-state index contributed by atoms with van der Waals surface area (Å²) in [6, 6.07) is 5.60. The lowest BCUT2D eigenvalue weighted by Crippen LogP contribution is -2.40. The number of benzene rings is 1. The number of aliphatic hydroxyl groups is 1. The fourth-order valence-electron chi connectivity index (χ4n) is 2.74. The van der Waals surface area contributed by atoms with Crippen molar-refractivity contribution in [2.75, 3.05) is 25.7 Å². The van der Waals surface area contributed by atoms with Gasteiger partial charge in [-0.2, -0.15) is 11.8 Å². The Bertz CT molecular complexity index is 459. The lowest BCUT2D eigenvalue weighted by Gasteiger charge is -2.41. The molecule has 0 spiro atoms. The molecule has 1 unspecified atom stereocenters. The predicted molar refractivity (Wildman–Crippen MR) is 79.2 cm³/mol. The molecule has 0 saturated carbocycles. The highest BCUT2D eigenvalue weighted by molar-refractivity contribution is 7.99. The van der Waals surface area contributed by atoms with E-state index >= 15 is 0 Å². The van der Waals surface area contributed by atoms with Gasteiger partial charge in [-0.15, -0.1) is 0 Å². The predicted octanol–water partition coefficient (Wildman–Crippen LogP) is 3.05. The fourth-order valence-corrected chi connectivity index (χ4v) is 4.09. The van der Waals surface area contributed by atoms with Gasteiger partial charge in [-0.1, -0.05) is 13.8 Å². The molecule has 1 aromatic rings. The van der Waals surface area contributed by atoms with Crippen LogP contribution < -0.4 is 9.47 Å². The first-order valence-electron chi connectivity index (χ1n) is 6.43. The zero-order chi connectivity index (χ0) is 14.1. The van der Waals surface area contributed by atoms with Gasteiger partial charge in [0.1, 0.15) is 17.1 Å². The van der Waals surface area contributed by atoms with E-state index < -0.39 is 5.60 Å². The third-order valence-electron chi connectivity index (χ3n) is 3.51. The van der Waals surface area contributed by atoms with E-state index in [2.05, 4.69) is 13.8 Å². The molecule has 4 heteroatoms. The SMILES string of the molecule is COc1ccc(OC)c(C2(O)CSCC(C)(C)C2)c1. The van der Waals surface area contributed by atoms with E-state index in [9.17, 15) is 5.11 Å². The van der Waals surface area contributed by atoms with Crippen LogP contribution in [-0.4, -0.2) is 30.8 Å². The molecule has 1 atom stereocenters. The standard InChI is InChI=1S/C15H22O3S/c1-14(2)8-15(16,10-19-9-14)12-7-11(17-3)5-6-13(12)18-4/h5-7,16H,8-10H2,1-4H3. The first-order chi connectivity index (χ1) is 8.90. The van der Waals surface area contributed by atoms with Gasteiger partial charge in [-0.05, 0) is 35.8 Å². The molecular formula is C15H22O3S. The van der Waals surface area contributed by atoms with Crippen LogP contribution in [0, 0.1) is 5.41 Å². The number of ether oxygens (including phenoxy) is 2. The molecule has 1 aromatic carbocycles. The first-order valence-corrected chi connectivity index (χ1v) is 7.58. The summed E-state index contributed by atoms with van der Waals surface area (Å²) in [4.78, 5) is 0. The number of methoxy groups -OCH3 is 2. The molecule has 0 radical (unpaired) electrons. The molecule has 19 heavy (non-hydrogen) atoms. The third kappa shape index (κ3) is 3.00. The molecule has 1 heterocycles. The van der Waals surface area contributed by atoms with Crippen LogP contribution in [0.3, 0.4) is 0 Å². The van der Waals surface area contributed by atoms with Crippen LogP contribution in [0.4, 0.5) is 0 Å². The molecule has 0 bridgehead atoms. The van der Waals surface area contributed by atoms with Crippen molar-refractivity contribution >= 4 is 11.8 Å². The van der Waals surface area contributed by atoms with Crippen molar-refractivity contribution in [3.05, 3.63) is 23.8 Å². The Balaban J connectivity index is 2.43.